The van der Waals surface area contributed by atoms with E-state index in [0.717, 1.165) is 43.7 Å². The predicted molar refractivity (Wildman–Crippen MR) is 99.7 cm³/mol. The minimum Gasteiger partial charge on any atom is -0.328 e. The maximum Gasteiger partial charge on any atom is 0.0754 e. The van der Waals surface area contributed by atoms with E-state index in [4.69, 9.17) is 10.7 Å². The lowest BCUT2D eigenvalue weighted by molar-refractivity contribution is 0.206. The third kappa shape index (κ3) is 3.18. The number of benzene rings is 2. The number of nitrogens with zero attached hydrogens (tertiary/aromatic N) is 2. The number of hydrogen-bond acceptors (Lipinski definition) is 3. The first-order chi connectivity index (χ1) is 11.8. The molecule has 1 saturated heterocycles. The highest BCUT2D eigenvalue weighted by atomic mass is 15.1. The SMILES string of the molecule is NC1CCN(Cc2cc3ccccc3nc2-c2ccccc2)CC1. The molecule has 0 amide bonds. The molecule has 0 atom stereocenters. The van der Waals surface area contributed by atoms with Crippen molar-refractivity contribution in [3.8, 4) is 11.3 Å². The third-order valence-electron chi connectivity index (χ3n) is 4.88. The Hall–Kier alpha value is -2.23. The molecule has 3 heteroatoms. The summed E-state index contributed by atoms with van der Waals surface area (Å²) < 4.78 is 0. The molecule has 0 aliphatic carbocycles. The third-order valence-corrected chi connectivity index (χ3v) is 4.88. The van der Waals surface area contributed by atoms with Crippen molar-refractivity contribution in [1.29, 1.82) is 0 Å². The van der Waals surface area contributed by atoms with E-state index in [2.05, 4.69) is 65.6 Å². The van der Waals surface area contributed by atoms with Gasteiger partial charge in [0.2, 0.25) is 0 Å². The first-order valence-electron chi connectivity index (χ1n) is 8.71. The van der Waals surface area contributed by atoms with Gasteiger partial charge in [-0.25, -0.2) is 4.98 Å². The molecule has 0 unspecified atom stereocenters. The summed E-state index contributed by atoms with van der Waals surface area (Å²) >= 11 is 0. The topological polar surface area (TPSA) is 42.1 Å². The fourth-order valence-corrected chi connectivity index (χ4v) is 3.48. The average Bonchev–Trinajstić information content (AvgIpc) is 2.64. The van der Waals surface area contributed by atoms with Gasteiger partial charge in [0, 0.05) is 23.5 Å². The van der Waals surface area contributed by atoms with Crippen LogP contribution in [0.4, 0.5) is 0 Å². The fraction of sp³-hybridized carbons (Fsp3) is 0.286. The summed E-state index contributed by atoms with van der Waals surface area (Å²) in [4.78, 5) is 7.48. The zero-order valence-electron chi connectivity index (χ0n) is 13.9. The molecule has 24 heavy (non-hydrogen) atoms. The molecular formula is C21H23N3. The molecule has 0 radical (unpaired) electrons. The second-order valence-corrected chi connectivity index (χ2v) is 6.67. The van der Waals surface area contributed by atoms with Gasteiger partial charge in [-0.3, -0.25) is 4.90 Å². The summed E-state index contributed by atoms with van der Waals surface area (Å²) in [5.41, 5.74) is 10.7. The van der Waals surface area contributed by atoms with Crippen LogP contribution in [-0.4, -0.2) is 29.0 Å². The normalized spacial score (nSPS) is 16.5. The Labute approximate surface area is 143 Å². The molecule has 2 heterocycles. The van der Waals surface area contributed by atoms with Crippen molar-refractivity contribution < 1.29 is 0 Å². The molecule has 2 aromatic carbocycles. The van der Waals surface area contributed by atoms with Crippen LogP contribution in [-0.2, 0) is 6.54 Å². The van der Waals surface area contributed by atoms with E-state index in [-0.39, 0.29) is 0 Å². The smallest absolute Gasteiger partial charge is 0.0754 e. The zero-order valence-corrected chi connectivity index (χ0v) is 13.9. The first kappa shape index (κ1) is 15.3. The number of aromatic nitrogens is 1. The minimum absolute atomic E-state index is 0.365. The predicted octanol–water partition coefficient (Wildman–Crippen LogP) is 3.82. The van der Waals surface area contributed by atoms with Crippen LogP contribution in [0.25, 0.3) is 22.2 Å². The number of fused-ring (bicyclic) bond motifs is 1. The minimum atomic E-state index is 0.365. The molecule has 1 aliphatic rings. The second-order valence-electron chi connectivity index (χ2n) is 6.67. The summed E-state index contributed by atoms with van der Waals surface area (Å²) in [6.45, 7) is 3.08. The van der Waals surface area contributed by atoms with E-state index < -0.39 is 0 Å². The molecule has 0 saturated carbocycles. The van der Waals surface area contributed by atoms with Crippen LogP contribution in [0.15, 0.2) is 60.7 Å². The van der Waals surface area contributed by atoms with E-state index in [0.29, 0.717) is 6.04 Å². The summed E-state index contributed by atoms with van der Waals surface area (Å²) in [6.07, 6.45) is 2.17. The van der Waals surface area contributed by atoms with Gasteiger partial charge in [0.05, 0.1) is 11.2 Å². The van der Waals surface area contributed by atoms with Crippen LogP contribution >= 0.6 is 0 Å². The summed E-state index contributed by atoms with van der Waals surface area (Å²) in [6, 6.07) is 21.5. The number of pyridine rings is 1. The number of nitrogens with two attached hydrogens (primary N) is 1. The number of hydrogen-bond donors (Lipinski definition) is 1. The lowest BCUT2D eigenvalue weighted by Gasteiger charge is -2.30. The lowest BCUT2D eigenvalue weighted by atomic mass is 10.0. The maximum atomic E-state index is 6.05. The van der Waals surface area contributed by atoms with E-state index in [1.165, 1.54) is 16.5 Å². The highest BCUT2D eigenvalue weighted by molar-refractivity contribution is 5.83. The highest BCUT2D eigenvalue weighted by Crippen LogP contribution is 2.27. The summed E-state index contributed by atoms with van der Waals surface area (Å²) in [5, 5.41) is 1.21. The van der Waals surface area contributed by atoms with Gasteiger partial charge in [0.1, 0.15) is 0 Å². The second kappa shape index (κ2) is 6.71. The Balaban J connectivity index is 1.74. The van der Waals surface area contributed by atoms with Gasteiger partial charge in [0.15, 0.2) is 0 Å². The van der Waals surface area contributed by atoms with Gasteiger partial charge < -0.3 is 5.73 Å². The fourth-order valence-electron chi connectivity index (χ4n) is 3.48. The van der Waals surface area contributed by atoms with Crippen molar-refractivity contribution in [2.75, 3.05) is 13.1 Å². The van der Waals surface area contributed by atoms with Crippen LogP contribution in [0.2, 0.25) is 0 Å². The molecule has 1 aromatic heterocycles. The van der Waals surface area contributed by atoms with Gasteiger partial charge in [0.25, 0.3) is 0 Å². The van der Waals surface area contributed by atoms with Gasteiger partial charge in [-0.2, -0.15) is 0 Å². The Bertz CT molecular complexity index is 821. The molecule has 122 valence electrons. The summed E-state index contributed by atoms with van der Waals surface area (Å²) in [5.74, 6) is 0. The molecule has 1 fully saturated rings. The van der Waals surface area contributed by atoms with Gasteiger partial charge >= 0.3 is 0 Å². The Morgan fingerprint density at radius 3 is 2.46 bits per heavy atom. The number of para-hydroxylation sites is 1. The van der Waals surface area contributed by atoms with Crippen LogP contribution in [0.1, 0.15) is 18.4 Å². The number of rotatable bonds is 3. The Morgan fingerprint density at radius 2 is 1.67 bits per heavy atom. The van der Waals surface area contributed by atoms with Crippen molar-refractivity contribution in [1.82, 2.24) is 9.88 Å². The molecule has 3 nitrogen and oxygen atoms in total. The van der Waals surface area contributed by atoms with E-state index in [1.54, 1.807) is 0 Å². The van der Waals surface area contributed by atoms with Crippen LogP contribution in [0, 0.1) is 0 Å². The monoisotopic (exact) mass is 317 g/mol. The Kier molecular flexibility index (Phi) is 4.28. The van der Waals surface area contributed by atoms with Crippen molar-refractivity contribution in [3.63, 3.8) is 0 Å². The van der Waals surface area contributed by atoms with Crippen molar-refractivity contribution in [2.24, 2.45) is 5.73 Å². The van der Waals surface area contributed by atoms with Crippen molar-refractivity contribution in [3.05, 3.63) is 66.2 Å². The van der Waals surface area contributed by atoms with Gasteiger partial charge in [-0.05, 0) is 43.6 Å². The van der Waals surface area contributed by atoms with Gasteiger partial charge in [-0.15, -0.1) is 0 Å². The quantitative estimate of drug-likeness (QED) is 0.798. The highest BCUT2D eigenvalue weighted by Gasteiger charge is 2.18. The average molecular weight is 317 g/mol. The lowest BCUT2D eigenvalue weighted by Crippen LogP contribution is -2.39. The largest absolute Gasteiger partial charge is 0.328 e. The number of likely N-dealkylation sites (tertiary alicyclic amines) is 1. The standard InChI is InChI=1S/C21H23N3/c22-19-10-12-24(13-11-19)15-18-14-17-8-4-5-9-20(17)23-21(18)16-6-2-1-3-7-16/h1-9,14,19H,10-13,15,22H2. The maximum absolute atomic E-state index is 6.05. The van der Waals surface area contributed by atoms with Crippen molar-refractivity contribution in [2.45, 2.75) is 25.4 Å². The number of piperidine rings is 1. The molecular weight excluding hydrogens is 294 g/mol. The molecule has 2 N–H and O–H groups in total. The molecule has 0 bridgehead atoms. The van der Waals surface area contributed by atoms with Crippen LogP contribution < -0.4 is 5.73 Å². The Morgan fingerprint density at radius 1 is 0.958 bits per heavy atom. The molecule has 3 aromatic rings. The van der Waals surface area contributed by atoms with Crippen LogP contribution in [0.3, 0.4) is 0 Å². The van der Waals surface area contributed by atoms with E-state index in [9.17, 15) is 0 Å². The first-order valence-corrected chi connectivity index (χ1v) is 8.71. The zero-order chi connectivity index (χ0) is 16.4. The molecule has 4 rings (SSSR count). The van der Waals surface area contributed by atoms with E-state index in [1.807, 2.05) is 0 Å². The van der Waals surface area contributed by atoms with Gasteiger partial charge in [-0.1, -0.05) is 48.5 Å². The summed E-state index contributed by atoms with van der Waals surface area (Å²) in [7, 11) is 0. The van der Waals surface area contributed by atoms with Crippen LogP contribution in [0.5, 0.6) is 0 Å². The molecule has 1 aliphatic heterocycles. The van der Waals surface area contributed by atoms with Crippen molar-refractivity contribution >= 4 is 10.9 Å². The molecule has 0 spiro atoms. The van der Waals surface area contributed by atoms with E-state index >= 15 is 0 Å².